The number of amides is 1. The molecule has 0 radical (unpaired) electrons. The topological polar surface area (TPSA) is 71.3 Å². The van der Waals surface area contributed by atoms with Crippen molar-refractivity contribution in [1.29, 1.82) is 0 Å². The quantitative estimate of drug-likeness (QED) is 0.618. The van der Waals surface area contributed by atoms with E-state index in [1.807, 2.05) is 36.4 Å². The molecule has 1 aromatic heterocycles. The number of aryl methyl sites for hydroxylation is 1. The van der Waals surface area contributed by atoms with Crippen LogP contribution in [-0.4, -0.2) is 34.0 Å². The molecule has 3 aromatic rings. The lowest BCUT2D eigenvalue weighted by atomic mass is 10.2. The van der Waals surface area contributed by atoms with Gasteiger partial charge in [0, 0.05) is 30.6 Å². The maximum absolute atomic E-state index is 12.3. The first kappa shape index (κ1) is 19.6. The van der Waals surface area contributed by atoms with Crippen LogP contribution in [0.1, 0.15) is 30.7 Å². The molecular weight excluding hydrogens is 388 g/mol. The maximum Gasteiger partial charge on any atom is 0.227 e. The summed E-state index contributed by atoms with van der Waals surface area (Å²) in [6.45, 7) is 3.23. The number of rotatable bonds is 7. The first-order chi connectivity index (χ1) is 14.2. The van der Waals surface area contributed by atoms with E-state index < -0.39 is 0 Å². The van der Waals surface area contributed by atoms with E-state index in [0.717, 1.165) is 25.3 Å². The van der Waals surface area contributed by atoms with Gasteiger partial charge in [0.15, 0.2) is 0 Å². The van der Waals surface area contributed by atoms with Gasteiger partial charge in [-0.1, -0.05) is 41.0 Å². The van der Waals surface area contributed by atoms with Crippen LogP contribution in [0.5, 0.6) is 0 Å². The molecule has 150 valence electrons. The van der Waals surface area contributed by atoms with Gasteiger partial charge in [-0.15, -0.1) is 0 Å². The van der Waals surface area contributed by atoms with E-state index in [1.165, 1.54) is 18.4 Å². The van der Waals surface area contributed by atoms with E-state index in [2.05, 4.69) is 26.4 Å². The second-order valence-electron chi connectivity index (χ2n) is 7.22. The number of likely N-dealkylation sites (tertiary alicyclic amines) is 1. The molecule has 0 bridgehead atoms. The average molecular weight is 411 g/mol. The van der Waals surface area contributed by atoms with Crippen molar-refractivity contribution in [2.24, 2.45) is 0 Å². The number of carbonyl (C=O) groups is 1. The van der Waals surface area contributed by atoms with Crippen LogP contribution < -0.4 is 5.32 Å². The summed E-state index contributed by atoms with van der Waals surface area (Å²) in [4.78, 5) is 19.1. The predicted octanol–water partition coefficient (Wildman–Crippen LogP) is 4.56. The Kier molecular flexibility index (Phi) is 6.22. The van der Waals surface area contributed by atoms with Crippen molar-refractivity contribution in [1.82, 2.24) is 15.0 Å². The Labute approximate surface area is 174 Å². The molecule has 1 aliphatic rings. The molecule has 0 unspecified atom stereocenters. The van der Waals surface area contributed by atoms with Crippen LogP contribution in [0.25, 0.3) is 11.4 Å². The molecule has 0 atom stereocenters. The monoisotopic (exact) mass is 410 g/mol. The second-order valence-corrected chi connectivity index (χ2v) is 7.63. The van der Waals surface area contributed by atoms with Crippen LogP contribution in [0.3, 0.4) is 0 Å². The van der Waals surface area contributed by atoms with Gasteiger partial charge in [-0.3, -0.25) is 9.69 Å². The highest BCUT2D eigenvalue weighted by Gasteiger charge is 2.14. The number of anilines is 1. The standard InChI is InChI=1S/C22H23ClN4O2/c23-19-9-2-1-8-18(19)22-25-21(29-26-22)11-10-20(28)24-17-7-5-6-16(14-17)15-27-12-3-4-13-27/h1-2,5-9,14H,3-4,10-13,15H2,(H,24,28). The van der Waals surface area contributed by atoms with Crippen molar-refractivity contribution < 1.29 is 9.32 Å². The molecular formula is C22H23ClN4O2. The Morgan fingerprint density at radius 3 is 2.79 bits per heavy atom. The molecule has 1 amide bonds. The number of hydrogen-bond donors (Lipinski definition) is 1. The van der Waals surface area contributed by atoms with Gasteiger partial charge in [0.25, 0.3) is 0 Å². The molecule has 0 spiro atoms. The van der Waals surface area contributed by atoms with Crippen molar-refractivity contribution >= 4 is 23.2 Å². The minimum atomic E-state index is -0.0826. The molecule has 29 heavy (non-hydrogen) atoms. The van der Waals surface area contributed by atoms with Gasteiger partial charge in [-0.25, -0.2) is 0 Å². The summed E-state index contributed by atoms with van der Waals surface area (Å²) in [6, 6.07) is 15.3. The fraction of sp³-hybridized carbons (Fsp3) is 0.318. The van der Waals surface area contributed by atoms with Crippen LogP contribution in [0.4, 0.5) is 5.69 Å². The van der Waals surface area contributed by atoms with Crippen molar-refractivity contribution in [3.63, 3.8) is 0 Å². The number of nitrogens with one attached hydrogen (secondary N) is 1. The van der Waals surface area contributed by atoms with Crippen molar-refractivity contribution in [3.05, 3.63) is 65.0 Å². The number of benzene rings is 2. The summed E-state index contributed by atoms with van der Waals surface area (Å²) in [5.41, 5.74) is 2.74. The van der Waals surface area contributed by atoms with E-state index in [1.54, 1.807) is 6.07 Å². The fourth-order valence-corrected chi connectivity index (χ4v) is 3.72. The van der Waals surface area contributed by atoms with Crippen LogP contribution >= 0.6 is 11.6 Å². The third-order valence-corrected chi connectivity index (χ3v) is 5.29. The SMILES string of the molecule is O=C(CCc1nc(-c2ccccc2Cl)no1)Nc1cccc(CN2CCCC2)c1. The average Bonchev–Trinajstić information content (AvgIpc) is 3.39. The predicted molar refractivity (Wildman–Crippen MR) is 113 cm³/mol. The van der Waals surface area contributed by atoms with Gasteiger partial charge in [0.2, 0.25) is 17.6 Å². The van der Waals surface area contributed by atoms with Crippen LogP contribution in [0.15, 0.2) is 53.1 Å². The zero-order valence-corrected chi connectivity index (χ0v) is 16.9. The number of aromatic nitrogens is 2. The van der Waals surface area contributed by atoms with Gasteiger partial charge in [0.1, 0.15) is 0 Å². The first-order valence-electron chi connectivity index (χ1n) is 9.86. The summed E-state index contributed by atoms with van der Waals surface area (Å²) in [7, 11) is 0. The Bertz CT molecular complexity index is 982. The lowest BCUT2D eigenvalue weighted by molar-refractivity contribution is -0.116. The Hall–Kier alpha value is -2.70. The van der Waals surface area contributed by atoms with E-state index in [9.17, 15) is 4.79 Å². The fourth-order valence-electron chi connectivity index (χ4n) is 3.50. The van der Waals surface area contributed by atoms with Crippen LogP contribution in [0.2, 0.25) is 5.02 Å². The highest BCUT2D eigenvalue weighted by Crippen LogP contribution is 2.25. The molecule has 0 aliphatic carbocycles. The molecule has 1 fully saturated rings. The van der Waals surface area contributed by atoms with Crippen LogP contribution in [0, 0.1) is 0 Å². The molecule has 0 saturated carbocycles. The summed E-state index contributed by atoms with van der Waals surface area (Å²) >= 11 is 6.16. The van der Waals surface area contributed by atoms with Crippen molar-refractivity contribution in [3.8, 4) is 11.4 Å². The summed E-state index contributed by atoms with van der Waals surface area (Å²) in [5, 5.41) is 7.48. The lowest BCUT2D eigenvalue weighted by Crippen LogP contribution is -2.18. The second kappa shape index (κ2) is 9.20. The molecule has 1 saturated heterocycles. The third-order valence-electron chi connectivity index (χ3n) is 4.96. The molecule has 4 rings (SSSR count). The Balaban J connectivity index is 1.31. The number of carbonyl (C=O) groups excluding carboxylic acids is 1. The Morgan fingerprint density at radius 2 is 1.97 bits per heavy atom. The van der Waals surface area contributed by atoms with Crippen molar-refractivity contribution in [2.45, 2.75) is 32.2 Å². The van der Waals surface area contributed by atoms with Crippen LogP contribution in [-0.2, 0) is 17.8 Å². The van der Waals surface area contributed by atoms with Gasteiger partial charge in [-0.2, -0.15) is 4.98 Å². The maximum atomic E-state index is 12.3. The minimum absolute atomic E-state index is 0.0826. The number of hydrogen-bond acceptors (Lipinski definition) is 5. The van der Waals surface area contributed by atoms with E-state index in [4.69, 9.17) is 16.1 Å². The number of halogens is 1. The normalized spacial score (nSPS) is 14.2. The largest absolute Gasteiger partial charge is 0.339 e. The molecule has 2 heterocycles. The zero-order chi connectivity index (χ0) is 20.1. The molecule has 1 N–H and O–H groups in total. The summed E-state index contributed by atoms with van der Waals surface area (Å²) < 4.78 is 5.26. The first-order valence-corrected chi connectivity index (χ1v) is 10.2. The zero-order valence-electron chi connectivity index (χ0n) is 16.1. The summed E-state index contributed by atoms with van der Waals surface area (Å²) in [5.74, 6) is 0.763. The molecule has 6 nitrogen and oxygen atoms in total. The highest BCUT2D eigenvalue weighted by atomic mass is 35.5. The van der Waals surface area contributed by atoms with Crippen molar-refractivity contribution in [2.75, 3.05) is 18.4 Å². The van der Waals surface area contributed by atoms with E-state index in [0.29, 0.717) is 28.7 Å². The van der Waals surface area contributed by atoms with Gasteiger partial charge >= 0.3 is 0 Å². The van der Waals surface area contributed by atoms with Gasteiger partial charge < -0.3 is 9.84 Å². The lowest BCUT2D eigenvalue weighted by Gasteiger charge is -2.15. The smallest absolute Gasteiger partial charge is 0.227 e. The third kappa shape index (κ3) is 5.22. The highest BCUT2D eigenvalue weighted by molar-refractivity contribution is 6.33. The molecule has 7 heteroatoms. The van der Waals surface area contributed by atoms with E-state index in [-0.39, 0.29) is 12.3 Å². The van der Waals surface area contributed by atoms with Gasteiger partial charge in [-0.05, 0) is 55.8 Å². The molecule has 2 aromatic carbocycles. The Morgan fingerprint density at radius 1 is 1.14 bits per heavy atom. The van der Waals surface area contributed by atoms with E-state index >= 15 is 0 Å². The minimum Gasteiger partial charge on any atom is -0.339 e. The summed E-state index contributed by atoms with van der Waals surface area (Å²) in [6.07, 6.45) is 3.17. The molecule has 1 aliphatic heterocycles. The van der Waals surface area contributed by atoms with Gasteiger partial charge in [0.05, 0.1) is 5.02 Å². The number of nitrogens with zero attached hydrogens (tertiary/aromatic N) is 3.